The molecule has 0 saturated heterocycles. The lowest BCUT2D eigenvalue weighted by Gasteiger charge is -2.23. The van der Waals surface area contributed by atoms with Crippen molar-refractivity contribution in [1.29, 1.82) is 0 Å². The van der Waals surface area contributed by atoms with Gasteiger partial charge in [-0.05, 0) is 35.7 Å². The number of aliphatic hydroxyl groups excluding tert-OH is 1. The van der Waals surface area contributed by atoms with Crippen molar-refractivity contribution in [3.05, 3.63) is 70.8 Å². The van der Waals surface area contributed by atoms with Crippen LogP contribution >= 0.6 is 0 Å². The summed E-state index contributed by atoms with van der Waals surface area (Å²) in [6, 6.07) is 17.0. The molecule has 0 saturated carbocycles. The first kappa shape index (κ1) is 14.1. The van der Waals surface area contributed by atoms with Crippen molar-refractivity contribution < 1.29 is 5.11 Å². The predicted molar refractivity (Wildman–Crippen MR) is 88.2 cm³/mol. The molecule has 0 spiro atoms. The molecule has 1 aliphatic rings. The summed E-state index contributed by atoms with van der Waals surface area (Å²) in [5.41, 5.74) is 5.09. The molecule has 0 aliphatic heterocycles. The van der Waals surface area contributed by atoms with Crippen LogP contribution in [0.25, 0.3) is 12.2 Å². The first-order valence-electron chi connectivity index (χ1n) is 7.48. The fraction of sp³-hybridized carbons (Fsp3) is 0.263. The number of benzene rings is 2. The highest BCUT2D eigenvalue weighted by molar-refractivity contribution is 5.76. The molecule has 2 aromatic rings. The molecule has 3 rings (SSSR count). The molecule has 0 heterocycles. The Labute approximate surface area is 126 Å². The van der Waals surface area contributed by atoms with Gasteiger partial charge in [0, 0.05) is 12.5 Å². The molecule has 1 aliphatic carbocycles. The predicted octanol–water partition coefficient (Wildman–Crippen LogP) is 3.27. The zero-order valence-corrected chi connectivity index (χ0v) is 12.3. The molecule has 0 fully saturated rings. The maximum absolute atomic E-state index is 10.3. The average molecular weight is 279 g/mol. The topological polar surface area (TPSA) is 32.3 Å². The van der Waals surface area contributed by atoms with Crippen molar-refractivity contribution >= 4 is 12.2 Å². The Morgan fingerprint density at radius 2 is 1.48 bits per heavy atom. The molecule has 1 unspecified atom stereocenters. The summed E-state index contributed by atoms with van der Waals surface area (Å²) in [6.07, 6.45) is 4.74. The van der Waals surface area contributed by atoms with Crippen LogP contribution in [0.15, 0.2) is 48.5 Å². The molecule has 0 aromatic heterocycles. The molecule has 21 heavy (non-hydrogen) atoms. The van der Waals surface area contributed by atoms with Gasteiger partial charge in [0.2, 0.25) is 0 Å². The first-order chi connectivity index (χ1) is 10.3. The molecular weight excluding hydrogens is 258 g/mol. The largest absolute Gasteiger partial charge is 0.392 e. The van der Waals surface area contributed by atoms with Crippen LogP contribution in [0.2, 0.25) is 0 Å². The van der Waals surface area contributed by atoms with E-state index in [0.717, 1.165) is 6.42 Å². The van der Waals surface area contributed by atoms with Crippen molar-refractivity contribution in [2.45, 2.75) is 18.4 Å². The second kappa shape index (κ2) is 6.25. The first-order valence-corrected chi connectivity index (χ1v) is 7.48. The van der Waals surface area contributed by atoms with Crippen LogP contribution in [0.1, 0.15) is 34.6 Å². The zero-order valence-electron chi connectivity index (χ0n) is 12.3. The van der Waals surface area contributed by atoms with E-state index >= 15 is 0 Å². The summed E-state index contributed by atoms with van der Waals surface area (Å²) < 4.78 is 0. The zero-order chi connectivity index (χ0) is 14.7. The van der Waals surface area contributed by atoms with Gasteiger partial charge in [0.15, 0.2) is 0 Å². The van der Waals surface area contributed by atoms with Crippen LogP contribution in [0.3, 0.4) is 0 Å². The van der Waals surface area contributed by atoms with Gasteiger partial charge < -0.3 is 10.4 Å². The quantitative estimate of drug-likeness (QED) is 0.900. The van der Waals surface area contributed by atoms with Crippen molar-refractivity contribution in [3.8, 4) is 0 Å². The van der Waals surface area contributed by atoms with Gasteiger partial charge >= 0.3 is 0 Å². The van der Waals surface area contributed by atoms with Crippen LogP contribution in [-0.4, -0.2) is 24.8 Å². The fourth-order valence-electron chi connectivity index (χ4n) is 3.15. The lowest BCUT2D eigenvalue weighted by Crippen LogP contribution is -2.26. The van der Waals surface area contributed by atoms with Crippen molar-refractivity contribution in [2.24, 2.45) is 0 Å². The number of rotatable bonds is 4. The Morgan fingerprint density at radius 3 is 2.00 bits per heavy atom. The van der Waals surface area contributed by atoms with Crippen LogP contribution in [-0.2, 0) is 0 Å². The normalized spacial score (nSPS) is 15.1. The van der Waals surface area contributed by atoms with E-state index in [1.807, 2.05) is 7.05 Å². The highest BCUT2D eigenvalue weighted by atomic mass is 16.3. The van der Waals surface area contributed by atoms with Crippen molar-refractivity contribution in [3.63, 3.8) is 0 Å². The molecule has 0 amide bonds. The van der Waals surface area contributed by atoms with Crippen molar-refractivity contribution in [2.75, 3.05) is 13.6 Å². The number of hydrogen-bond acceptors (Lipinski definition) is 2. The second-order valence-corrected chi connectivity index (χ2v) is 5.59. The highest BCUT2D eigenvalue weighted by Gasteiger charge is 2.23. The van der Waals surface area contributed by atoms with Gasteiger partial charge in [-0.3, -0.25) is 0 Å². The van der Waals surface area contributed by atoms with E-state index in [0.29, 0.717) is 6.54 Å². The minimum atomic E-state index is -0.348. The average Bonchev–Trinajstić information content (AvgIpc) is 2.66. The molecule has 2 aromatic carbocycles. The van der Waals surface area contributed by atoms with Crippen LogP contribution in [0.4, 0.5) is 0 Å². The molecular formula is C19H21NO. The van der Waals surface area contributed by atoms with Gasteiger partial charge in [0.25, 0.3) is 0 Å². The molecule has 108 valence electrons. The monoisotopic (exact) mass is 279 g/mol. The van der Waals surface area contributed by atoms with Crippen LogP contribution in [0, 0.1) is 0 Å². The maximum atomic E-state index is 10.3. The Kier molecular flexibility index (Phi) is 4.18. The number of fused-ring (bicyclic) bond motifs is 2. The standard InChI is InChI=1S/C19H21NO/c1-20-13-16(21)12-19-17-8-4-2-6-14(17)10-11-15-7-3-5-9-18(15)19/h2-11,16,19-21H,12-13H2,1H3. The molecule has 0 bridgehead atoms. The maximum Gasteiger partial charge on any atom is 0.0673 e. The number of aliphatic hydroxyl groups is 1. The van der Waals surface area contributed by atoms with E-state index in [1.54, 1.807) is 0 Å². The highest BCUT2D eigenvalue weighted by Crippen LogP contribution is 2.37. The van der Waals surface area contributed by atoms with Gasteiger partial charge in [-0.2, -0.15) is 0 Å². The molecule has 0 radical (unpaired) electrons. The van der Waals surface area contributed by atoms with E-state index in [2.05, 4.69) is 66.0 Å². The number of nitrogens with one attached hydrogen (secondary N) is 1. The lowest BCUT2D eigenvalue weighted by molar-refractivity contribution is 0.159. The third-order valence-corrected chi connectivity index (χ3v) is 4.13. The van der Waals surface area contributed by atoms with Crippen molar-refractivity contribution in [1.82, 2.24) is 5.32 Å². The summed E-state index contributed by atoms with van der Waals surface area (Å²) >= 11 is 0. The van der Waals surface area contributed by atoms with E-state index in [4.69, 9.17) is 0 Å². The molecule has 2 N–H and O–H groups in total. The Balaban J connectivity index is 2.06. The minimum absolute atomic E-state index is 0.232. The van der Waals surface area contributed by atoms with E-state index in [-0.39, 0.29) is 12.0 Å². The summed E-state index contributed by atoms with van der Waals surface area (Å²) in [7, 11) is 1.87. The third-order valence-electron chi connectivity index (χ3n) is 4.13. The molecule has 2 nitrogen and oxygen atoms in total. The lowest BCUT2D eigenvalue weighted by atomic mass is 9.84. The van der Waals surface area contributed by atoms with E-state index < -0.39 is 0 Å². The third kappa shape index (κ3) is 2.92. The fourth-order valence-corrected chi connectivity index (χ4v) is 3.15. The summed E-state index contributed by atoms with van der Waals surface area (Å²) in [4.78, 5) is 0. The number of likely N-dealkylation sites (N-methyl/N-ethyl adjacent to an activating group) is 1. The smallest absolute Gasteiger partial charge is 0.0673 e. The Bertz CT molecular complexity index is 598. The summed E-state index contributed by atoms with van der Waals surface area (Å²) in [6.45, 7) is 0.619. The van der Waals surface area contributed by atoms with E-state index in [9.17, 15) is 5.11 Å². The van der Waals surface area contributed by atoms with Gasteiger partial charge in [-0.15, -0.1) is 0 Å². The molecule has 1 atom stereocenters. The second-order valence-electron chi connectivity index (χ2n) is 5.59. The van der Waals surface area contributed by atoms with Crippen LogP contribution in [0.5, 0.6) is 0 Å². The van der Waals surface area contributed by atoms with Gasteiger partial charge in [-0.25, -0.2) is 0 Å². The van der Waals surface area contributed by atoms with Gasteiger partial charge in [-0.1, -0.05) is 60.7 Å². The summed E-state index contributed by atoms with van der Waals surface area (Å²) in [5, 5.41) is 13.3. The SMILES string of the molecule is CNCC(O)CC1c2ccccc2C=Cc2ccccc21. The summed E-state index contributed by atoms with van der Waals surface area (Å²) in [5.74, 6) is 0.232. The number of hydrogen-bond donors (Lipinski definition) is 2. The minimum Gasteiger partial charge on any atom is -0.392 e. The Hall–Kier alpha value is -1.90. The Morgan fingerprint density at radius 1 is 0.952 bits per heavy atom. The van der Waals surface area contributed by atoms with Crippen LogP contribution < -0.4 is 5.32 Å². The van der Waals surface area contributed by atoms with E-state index in [1.165, 1.54) is 22.3 Å². The van der Waals surface area contributed by atoms with Gasteiger partial charge in [0.1, 0.15) is 0 Å². The van der Waals surface area contributed by atoms with Gasteiger partial charge in [0.05, 0.1) is 6.10 Å². The molecule has 2 heteroatoms.